The molecule has 1 fully saturated rings. The maximum atomic E-state index is 11.3. The van der Waals surface area contributed by atoms with Crippen molar-refractivity contribution in [1.29, 1.82) is 0 Å². The molecule has 1 aromatic carbocycles. The van der Waals surface area contributed by atoms with Crippen LogP contribution in [0.3, 0.4) is 0 Å². The van der Waals surface area contributed by atoms with Crippen LogP contribution in [0.15, 0.2) is 30.3 Å². The summed E-state index contributed by atoms with van der Waals surface area (Å²) in [7, 11) is 0. The highest BCUT2D eigenvalue weighted by Gasteiger charge is 2.32. The number of rotatable bonds is 2. The van der Waals surface area contributed by atoms with Crippen LogP contribution in [0, 0.1) is 5.92 Å². The van der Waals surface area contributed by atoms with E-state index in [4.69, 9.17) is 11.5 Å². The highest BCUT2D eigenvalue weighted by molar-refractivity contribution is 5.79. The minimum Gasteiger partial charge on any atom is -0.369 e. The number of primary amides is 2. The van der Waals surface area contributed by atoms with Crippen molar-refractivity contribution in [2.45, 2.75) is 12.3 Å². The van der Waals surface area contributed by atoms with Crippen LogP contribution in [-0.2, 0) is 4.79 Å². The van der Waals surface area contributed by atoms with Crippen molar-refractivity contribution >= 4 is 11.9 Å². The molecule has 1 aliphatic rings. The molecule has 96 valence electrons. The minimum atomic E-state index is -0.498. The summed E-state index contributed by atoms with van der Waals surface area (Å²) in [6.07, 6.45) is 0.670. The van der Waals surface area contributed by atoms with Gasteiger partial charge in [-0.2, -0.15) is 0 Å². The van der Waals surface area contributed by atoms with Crippen molar-refractivity contribution in [3.63, 3.8) is 0 Å². The Labute approximate surface area is 106 Å². The smallest absolute Gasteiger partial charge is 0.314 e. The molecule has 0 aromatic heterocycles. The lowest BCUT2D eigenvalue weighted by atomic mass is 9.84. The van der Waals surface area contributed by atoms with E-state index >= 15 is 0 Å². The third kappa shape index (κ3) is 2.61. The van der Waals surface area contributed by atoms with Gasteiger partial charge < -0.3 is 16.4 Å². The molecular formula is C13H17N3O2. The van der Waals surface area contributed by atoms with Crippen LogP contribution in [0.2, 0.25) is 0 Å². The van der Waals surface area contributed by atoms with Crippen molar-refractivity contribution in [1.82, 2.24) is 4.90 Å². The van der Waals surface area contributed by atoms with Crippen molar-refractivity contribution in [2.24, 2.45) is 17.4 Å². The van der Waals surface area contributed by atoms with Crippen molar-refractivity contribution < 1.29 is 9.59 Å². The first kappa shape index (κ1) is 12.4. The summed E-state index contributed by atoms with van der Waals surface area (Å²) in [5, 5.41) is 0. The standard InChI is InChI=1S/C13H17N3O2/c14-12(17)11-6-10(7-16(8-11)13(15)18)9-4-2-1-3-5-9/h1-5,10-11H,6-8H2,(H2,14,17)(H2,15,18). The van der Waals surface area contributed by atoms with E-state index in [1.807, 2.05) is 30.3 Å². The predicted molar refractivity (Wildman–Crippen MR) is 67.6 cm³/mol. The fourth-order valence-electron chi connectivity index (χ4n) is 2.45. The predicted octanol–water partition coefficient (Wildman–Crippen LogP) is 0.656. The van der Waals surface area contributed by atoms with Crippen LogP contribution in [0.5, 0.6) is 0 Å². The number of nitrogens with two attached hydrogens (primary N) is 2. The van der Waals surface area contributed by atoms with E-state index in [0.29, 0.717) is 19.5 Å². The van der Waals surface area contributed by atoms with Crippen LogP contribution in [0.1, 0.15) is 17.9 Å². The number of nitrogens with zero attached hydrogens (tertiary/aromatic N) is 1. The summed E-state index contributed by atoms with van der Waals surface area (Å²) >= 11 is 0. The lowest BCUT2D eigenvalue weighted by Gasteiger charge is -2.35. The molecule has 0 saturated carbocycles. The van der Waals surface area contributed by atoms with Crippen LogP contribution >= 0.6 is 0 Å². The number of carbonyl (C=O) groups excluding carboxylic acids is 2. The number of hydrogen-bond donors (Lipinski definition) is 2. The zero-order valence-corrected chi connectivity index (χ0v) is 10.1. The molecule has 0 spiro atoms. The summed E-state index contributed by atoms with van der Waals surface area (Å²) in [5.41, 5.74) is 11.8. The average molecular weight is 247 g/mol. The normalized spacial score (nSPS) is 23.7. The van der Waals surface area contributed by atoms with Crippen LogP contribution in [-0.4, -0.2) is 29.9 Å². The lowest BCUT2D eigenvalue weighted by Crippen LogP contribution is -2.48. The zero-order valence-electron chi connectivity index (χ0n) is 10.1. The maximum absolute atomic E-state index is 11.3. The molecule has 0 bridgehead atoms. The Morgan fingerprint density at radius 3 is 2.33 bits per heavy atom. The first-order valence-corrected chi connectivity index (χ1v) is 5.96. The molecule has 5 nitrogen and oxygen atoms in total. The van der Waals surface area contributed by atoms with Gasteiger partial charge in [0.15, 0.2) is 0 Å². The number of amides is 3. The van der Waals surface area contributed by atoms with Crippen LogP contribution < -0.4 is 11.5 Å². The molecule has 0 aliphatic carbocycles. The van der Waals surface area contributed by atoms with Gasteiger partial charge in [0, 0.05) is 19.0 Å². The van der Waals surface area contributed by atoms with E-state index < -0.39 is 6.03 Å². The Balaban J connectivity index is 2.20. The monoisotopic (exact) mass is 247 g/mol. The molecule has 1 aromatic rings. The number of hydrogen-bond acceptors (Lipinski definition) is 2. The van der Waals surface area contributed by atoms with Gasteiger partial charge in [-0.3, -0.25) is 4.79 Å². The van der Waals surface area contributed by atoms with Gasteiger partial charge in [-0.05, 0) is 12.0 Å². The molecule has 2 atom stereocenters. The van der Waals surface area contributed by atoms with Gasteiger partial charge in [0.05, 0.1) is 5.92 Å². The largest absolute Gasteiger partial charge is 0.369 e. The van der Waals surface area contributed by atoms with Gasteiger partial charge in [0.25, 0.3) is 0 Å². The molecule has 5 heteroatoms. The molecule has 1 heterocycles. The molecule has 2 unspecified atom stereocenters. The molecule has 0 radical (unpaired) electrons. The van der Waals surface area contributed by atoms with Gasteiger partial charge >= 0.3 is 6.03 Å². The first-order chi connectivity index (χ1) is 8.58. The molecule has 2 rings (SSSR count). The summed E-state index contributed by atoms with van der Waals surface area (Å²) in [4.78, 5) is 24.1. The number of carbonyl (C=O) groups is 2. The SMILES string of the molecule is NC(=O)C1CC(c2ccccc2)CN(C(N)=O)C1. The lowest BCUT2D eigenvalue weighted by molar-refractivity contribution is -0.123. The Kier molecular flexibility index (Phi) is 3.50. The van der Waals surface area contributed by atoms with E-state index in [1.165, 1.54) is 4.90 Å². The summed E-state index contributed by atoms with van der Waals surface area (Å²) in [5.74, 6) is -0.580. The van der Waals surface area contributed by atoms with Gasteiger partial charge in [-0.1, -0.05) is 30.3 Å². The Morgan fingerprint density at radius 2 is 1.78 bits per heavy atom. The second kappa shape index (κ2) is 5.08. The van der Waals surface area contributed by atoms with Gasteiger partial charge in [0.1, 0.15) is 0 Å². The molecule has 1 saturated heterocycles. The number of benzene rings is 1. The van der Waals surface area contributed by atoms with Crippen LogP contribution in [0.4, 0.5) is 4.79 Å². The van der Waals surface area contributed by atoms with E-state index in [2.05, 4.69) is 0 Å². The second-order valence-electron chi connectivity index (χ2n) is 4.69. The third-order valence-electron chi connectivity index (χ3n) is 3.44. The molecule has 3 amide bonds. The second-order valence-corrected chi connectivity index (χ2v) is 4.69. The van der Waals surface area contributed by atoms with Gasteiger partial charge in [-0.25, -0.2) is 4.79 Å². The molecule has 1 aliphatic heterocycles. The van der Waals surface area contributed by atoms with Crippen LogP contribution in [0.25, 0.3) is 0 Å². The van der Waals surface area contributed by atoms with E-state index in [0.717, 1.165) is 5.56 Å². The topological polar surface area (TPSA) is 89.4 Å². The quantitative estimate of drug-likeness (QED) is 0.803. The van der Waals surface area contributed by atoms with Crippen molar-refractivity contribution in [2.75, 3.05) is 13.1 Å². The molecule has 18 heavy (non-hydrogen) atoms. The zero-order chi connectivity index (χ0) is 13.1. The number of likely N-dealkylation sites (tertiary alicyclic amines) is 1. The maximum Gasteiger partial charge on any atom is 0.314 e. The van der Waals surface area contributed by atoms with E-state index in [-0.39, 0.29) is 17.7 Å². The van der Waals surface area contributed by atoms with Crippen molar-refractivity contribution in [3.05, 3.63) is 35.9 Å². The summed E-state index contributed by atoms with van der Waals surface area (Å²) in [6, 6.07) is 9.31. The Bertz CT molecular complexity index is 425. The number of urea groups is 1. The Hall–Kier alpha value is -2.04. The Morgan fingerprint density at radius 1 is 1.11 bits per heavy atom. The molecular weight excluding hydrogens is 230 g/mol. The first-order valence-electron chi connectivity index (χ1n) is 5.96. The van der Waals surface area contributed by atoms with Gasteiger partial charge in [-0.15, -0.1) is 0 Å². The van der Waals surface area contributed by atoms with Gasteiger partial charge in [0.2, 0.25) is 5.91 Å². The third-order valence-corrected chi connectivity index (χ3v) is 3.44. The summed E-state index contributed by atoms with van der Waals surface area (Å²) < 4.78 is 0. The highest BCUT2D eigenvalue weighted by atomic mass is 16.2. The summed E-state index contributed by atoms with van der Waals surface area (Å²) in [6.45, 7) is 0.872. The fourth-order valence-corrected chi connectivity index (χ4v) is 2.45. The highest BCUT2D eigenvalue weighted by Crippen LogP contribution is 2.29. The number of piperidine rings is 1. The fraction of sp³-hybridized carbons (Fsp3) is 0.385. The average Bonchev–Trinajstić information content (AvgIpc) is 2.39. The van der Waals surface area contributed by atoms with E-state index in [1.54, 1.807) is 0 Å². The van der Waals surface area contributed by atoms with E-state index in [9.17, 15) is 9.59 Å². The van der Waals surface area contributed by atoms with Crippen molar-refractivity contribution in [3.8, 4) is 0 Å². The molecule has 4 N–H and O–H groups in total. The minimum absolute atomic E-state index is 0.116.